The van der Waals surface area contributed by atoms with Gasteiger partial charge in [-0.3, -0.25) is 4.79 Å². The number of benzene rings is 2. The van der Waals surface area contributed by atoms with Crippen LogP contribution in [-0.2, 0) is 65.4 Å². The van der Waals surface area contributed by atoms with Crippen molar-refractivity contribution in [2.45, 2.75) is 108 Å². The van der Waals surface area contributed by atoms with Crippen LogP contribution in [0.1, 0.15) is 38.3 Å². The van der Waals surface area contributed by atoms with Gasteiger partial charge in [0.05, 0.1) is 33.5 Å². The second kappa shape index (κ2) is 16.6. The molecular weight excluding hydrogens is 638 g/mol. The van der Waals surface area contributed by atoms with Crippen molar-refractivity contribution in [2.24, 2.45) is 0 Å². The fraction of sp³-hybridized carbons (Fsp3) is 0.639. The van der Waals surface area contributed by atoms with Gasteiger partial charge >= 0.3 is 0 Å². The number of rotatable bonds is 10. The van der Waals surface area contributed by atoms with Crippen molar-refractivity contribution in [1.29, 1.82) is 0 Å². The van der Waals surface area contributed by atoms with Crippen molar-refractivity contribution in [1.82, 2.24) is 5.32 Å². The third-order valence-electron chi connectivity index (χ3n) is 8.99. The monoisotopic (exact) mass is 687 g/mol. The number of ether oxygens (including phenoxy) is 11. The van der Waals surface area contributed by atoms with Crippen LogP contribution in [0, 0.1) is 0 Å². The molecule has 4 aliphatic rings. The van der Waals surface area contributed by atoms with Gasteiger partial charge in [0.25, 0.3) is 0 Å². The Morgan fingerprint density at radius 1 is 0.878 bits per heavy atom. The van der Waals surface area contributed by atoms with Crippen LogP contribution in [0.3, 0.4) is 0 Å². The van der Waals surface area contributed by atoms with Crippen molar-refractivity contribution in [3.8, 4) is 5.75 Å². The second-order valence-electron chi connectivity index (χ2n) is 13.1. The van der Waals surface area contributed by atoms with Crippen LogP contribution >= 0.6 is 0 Å². The summed E-state index contributed by atoms with van der Waals surface area (Å²) in [6.07, 6.45) is -5.57. The van der Waals surface area contributed by atoms with Crippen LogP contribution in [0.25, 0.3) is 0 Å². The highest BCUT2D eigenvalue weighted by Gasteiger charge is 2.58. The molecule has 1 amide bonds. The van der Waals surface area contributed by atoms with Crippen molar-refractivity contribution < 1.29 is 56.9 Å². The molecule has 13 nitrogen and oxygen atoms in total. The molecule has 0 aromatic heterocycles. The molecule has 0 unspecified atom stereocenters. The van der Waals surface area contributed by atoms with Crippen molar-refractivity contribution >= 4 is 5.91 Å². The van der Waals surface area contributed by atoms with E-state index in [0.717, 1.165) is 16.9 Å². The number of nitrogens with one attached hydrogen (secondary N) is 1. The molecule has 0 radical (unpaired) electrons. The van der Waals surface area contributed by atoms with Gasteiger partial charge in [-0.2, -0.15) is 0 Å². The first-order valence-corrected chi connectivity index (χ1v) is 16.9. The third kappa shape index (κ3) is 8.98. The van der Waals surface area contributed by atoms with E-state index in [1.807, 2.05) is 68.4 Å². The number of methoxy groups -OCH3 is 2. The smallest absolute Gasteiger partial charge is 0.217 e. The number of fused-ring (bicyclic) bond motifs is 5. The van der Waals surface area contributed by atoms with Gasteiger partial charge < -0.3 is 57.4 Å². The van der Waals surface area contributed by atoms with Crippen LogP contribution < -0.4 is 10.1 Å². The van der Waals surface area contributed by atoms with Crippen LogP contribution in [-0.4, -0.2) is 114 Å². The normalized spacial score (nSPS) is 34.5. The van der Waals surface area contributed by atoms with E-state index in [-0.39, 0.29) is 25.7 Å². The molecule has 0 saturated carbocycles. The molecule has 4 saturated heterocycles. The van der Waals surface area contributed by atoms with E-state index in [1.165, 1.54) is 14.0 Å². The maximum atomic E-state index is 12.5. The Morgan fingerprint density at radius 3 is 2.37 bits per heavy atom. The predicted molar refractivity (Wildman–Crippen MR) is 173 cm³/mol. The molecule has 0 aliphatic carbocycles. The molecule has 1 N–H and O–H groups in total. The van der Waals surface area contributed by atoms with Crippen molar-refractivity contribution in [3.05, 3.63) is 65.7 Å². The molecule has 10 atom stereocenters. The van der Waals surface area contributed by atoms with Crippen LogP contribution in [0.15, 0.2) is 54.6 Å². The summed E-state index contributed by atoms with van der Waals surface area (Å²) in [6.45, 7) is 6.99. The first-order valence-electron chi connectivity index (χ1n) is 16.9. The van der Waals surface area contributed by atoms with E-state index >= 15 is 0 Å². The van der Waals surface area contributed by atoms with E-state index in [9.17, 15) is 4.79 Å². The first-order chi connectivity index (χ1) is 23.7. The van der Waals surface area contributed by atoms with Crippen molar-refractivity contribution in [3.63, 3.8) is 0 Å². The molecule has 2 aromatic rings. The summed E-state index contributed by atoms with van der Waals surface area (Å²) in [4.78, 5) is 12.5. The highest BCUT2D eigenvalue weighted by atomic mass is 16.8. The molecular formula is C36H49NO12. The standard InChI is InChI=1S/C36H49NO12/c1-22(38)37-28-31-29(26(45-34(28)40-5)21-42-18-23-10-7-6-8-11-23)47-35-33(44-19-24-12-14-25(39-4)15-13-24)32-30(48-36(2,3)49-32)27(46-35)20-41-16-9-17-43-31/h6-8,10-15,26-35H,9,16-21H2,1-5H3,(H,37,38)/t26-,27-,28-,29-,30+,31-,32+,33-,34+,35+/m1/s1. The molecule has 13 heteroatoms. The SMILES string of the molecule is COc1ccc(CO[C@H]2[C@@H]3O[C@H]4[C@H](OCCCOC[C@@H](O3)[C@@H]3OC(C)(C)O[C@@H]32)[C@@H](NC(C)=O)[C@@H](OC)O[C@@H]4COCc2ccccc2)cc1. The molecule has 0 spiro atoms. The molecule has 4 heterocycles. The Morgan fingerprint density at radius 2 is 1.63 bits per heavy atom. The van der Waals surface area contributed by atoms with Gasteiger partial charge in [-0.1, -0.05) is 42.5 Å². The lowest BCUT2D eigenvalue weighted by Crippen LogP contribution is -2.68. The van der Waals surface area contributed by atoms with E-state index < -0.39 is 67.1 Å². The van der Waals surface area contributed by atoms with Crippen LogP contribution in [0.4, 0.5) is 0 Å². The molecule has 6 rings (SSSR count). The lowest BCUT2D eigenvalue weighted by atomic mass is 9.95. The summed E-state index contributed by atoms with van der Waals surface area (Å²) in [7, 11) is 3.16. The maximum Gasteiger partial charge on any atom is 0.217 e. The summed E-state index contributed by atoms with van der Waals surface area (Å²) in [6, 6.07) is 16.8. The Balaban J connectivity index is 1.32. The topological polar surface area (TPSA) is 131 Å². The predicted octanol–water partition coefficient (Wildman–Crippen LogP) is 3.11. The lowest BCUT2D eigenvalue weighted by molar-refractivity contribution is -0.350. The Hall–Kier alpha value is -2.69. The fourth-order valence-electron chi connectivity index (χ4n) is 6.76. The molecule has 4 aliphatic heterocycles. The zero-order valence-electron chi connectivity index (χ0n) is 28.8. The highest BCUT2D eigenvalue weighted by molar-refractivity contribution is 5.73. The molecule has 49 heavy (non-hydrogen) atoms. The van der Waals surface area contributed by atoms with E-state index in [0.29, 0.717) is 26.2 Å². The van der Waals surface area contributed by atoms with E-state index in [1.54, 1.807) is 7.11 Å². The zero-order chi connectivity index (χ0) is 34.4. The summed E-state index contributed by atoms with van der Waals surface area (Å²) in [5.41, 5.74) is 1.94. The third-order valence-corrected chi connectivity index (χ3v) is 8.99. The maximum absolute atomic E-state index is 12.5. The number of hydrogen-bond donors (Lipinski definition) is 1. The van der Waals surface area contributed by atoms with Gasteiger partial charge in [-0.05, 0) is 43.5 Å². The van der Waals surface area contributed by atoms with Crippen LogP contribution in [0.2, 0.25) is 0 Å². The van der Waals surface area contributed by atoms with Gasteiger partial charge in [0.15, 0.2) is 18.4 Å². The van der Waals surface area contributed by atoms with Gasteiger partial charge in [0, 0.05) is 27.2 Å². The lowest BCUT2D eigenvalue weighted by Gasteiger charge is -2.49. The van der Waals surface area contributed by atoms with E-state index in [2.05, 4.69) is 5.32 Å². The summed E-state index contributed by atoms with van der Waals surface area (Å²) >= 11 is 0. The average Bonchev–Trinajstić information content (AvgIpc) is 3.42. The summed E-state index contributed by atoms with van der Waals surface area (Å²) in [5, 5.41) is 2.97. The summed E-state index contributed by atoms with van der Waals surface area (Å²) < 4.78 is 69.4. The largest absolute Gasteiger partial charge is 0.497 e. The second-order valence-corrected chi connectivity index (χ2v) is 13.1. The molecule has 2 aromatic carbocycles. The minimum absolute atomic E-state index is 0.154. The number of carbonyl (C=O) groups is 1. The number of carbonyl (C=O) groups excluding carboxylic acids is 1. The average molecular weight is 688 g/mol. The first kappa shape index (κ1) is 36.1. The van der Waals surface area contributed by atoms with Crippen LogP contribution in [0.5, 0.6) is 5.75 Å². The Bertz CT molecular complexity index is 1330. The summed E-state index contributed by atoms with van der Waals surface area (Å²) in [5.74, 6) is -0.407. The van der Waals surface area contributed by atoms with Gasteiger partial charge in [0.2, 0.25) is 5.91 Å². The zero-order valence-corrected chi connectivity index (χ0v) is 28.8. The highest BCUT2D eigenvalue weighted by Crippen LogP contribution is 2.41. The Labute approximate surface area is 287 Å². The van der Waals surface area contributed by atoms with Crippen molar-refractivity contribution in [2.75, 3.05) is 40.6 Å². The molecule has 4 fully saturated rings. The van der Waals surface area contributed by atoms with Gasteiger partial charge in [-0.15, -0.1) is 0 Å². The quantitative estimate of drug-likeness (QED) is 0.394. The number of hydrogen-bond acceptors (Lipinski definition) is 12. The fourth-order valence-corrected chi connectivity index (χ4v) is 6.76. The molecule has 270 valence electrons. The Kier molecular flexibility index (Phi) is 12.2. The minimum Gasteiger partial charge on any atom is -0.497 e. The molecule has 2 bridgehead atoms. The number of amides is 1. The van der Waals surface area contributed by atoms with Gasteiger partial charge in [-0.25, -0.2) is 0 Å². The minimum atomic E-state index is -0.960. The van der Waals surface area contributed by atoms with Gasteiger partial charge in [0.1, 0.15) is 54.5 Å². The van der Waals surface area contributed by atoms with E-state index in [4.69, 9.17) is 52.1 Å².